The van der Waals surface area contributed by atoms with Crippen molar-refractivity contribution in [2.45, 2.75) is 13.5 Å². The van der Waals surface area contributed by atoms with E-state index in [0.717, 1.165) is 5.69 Å². The number of hydrogen-bond acceptors (Lipinski definition) is 9. The average Bonchev–Trinajstić information content (AvgIpc) is 3.17. The molecule has 0 saturated heterocycles. The van der Waals surface area contributed by atoms with E-state index in [4.69, 9.17) is 9.15 Å². The quantitative estimate of drug-likeness (QED) is 0.529. The summed E-state index contributed by atoms with van der Waals surface area (Å²) in [7, 11) is 1.59. The number of benzene rings is 1. The van der Waals surface area contributed by atoms with Crippen molar-refractivity contribution in [1.82, 2.24) is 15.2 Å². The third kappa shape index (κ3) is 3.21. The summed E-state index contributed by atoms with van der Waals surface area (Å²) >= 11 is 1.21. The Morgan fingerprint density at radius 3 is 2.89 bits per heavy atom. The molecule has 0 atom stereocenters. The Morgan fingerprint density at radius 2 is 2.11 bits per heavy atom. The van der Waals surface area contributed by atoms with Crippen LogP contribution in [0, 0.1) is 6.92 Å². The Hall–Kier alpha value is -3.30. The maximum atomic E-state index is 12.5. The lowest BCUT2D eigenvalue weighted by atomic mass is 10.1. The summed E-state index contributed by atoms with van der Waals surface area (Å²) in [5.74, 6) is 0.667. The first-order chi connectivity index (χ1) is 13.6. The molecule has 0 aliphatic carbocycles. The third-order valence-electron chi connectivity index (χ3n) is 4.21. The van der Waals surface area contributed by atoms with Gasteiger partial charge < -0.3 is 19.6 Å². The lowest BCUT2D eigenvalue weighted by Gasteiger charge is -2.07. The van der Waals surface area contributed by atoms with Gasteiger partial charge in [0.2, 0.25) is 5.13 Å². The molecule has 0 aliphatic heterocycles. The standard InChI is InChI=1S/C19H16N4O4S/c1-10-16-12(11(9-24)8-20-10)7-13(18(25)27-16)17-22-23-19(28-17)21-14-5-3-4-6-15(14)26-2/h3-8,24H,9H2,1-2H3,(H,21,23). The zero-order valence-electron chi connectivity index (χ0n) is 15.1. The fraction of sp³-hybridized carbons (Fsp3) is 0.158. The van der Waals surface area contributed by atoms with Crippen molar-refractivity contribution in [2.75, 3.05) is 12.4 Å². The highest BCUT2D eigenvalue weighted by atomic mass is 32.1. The molecule has 0 amide bonds. The molecular formula is C19H16N4O4S. The number of anilines is 2. The average molecular weight is 396 g/mol. The molecule has 0 saturated carbocycles. The van der Waals surface area contributed by atoms with Gasteiger partial charge >= 0.3 is 5.63 Å². The number of rotatable bonds is 5. The molecule has 0 radical (unpaired) electrons. The molecule has 8 nitrogen and oxygen atoms in total. The number of nitrogens with zero attached hydrogens (tertiary/aromatic N) is 3. The summed E-state index contributed by atoms with van der Waals surface area (Å²) in [5.41, 5.74) is 1.99. The van der Waals surface area contributed by atoms with Crippen LogP contribution < -0.4 is 15.7 Å². The van der Waals surface area contributed by atoms with Gasteiger partial charge in [-0.2, -0.15) is 0 Å². The van der Waals surface area contributed by atoms with E-state index in [-0.39, 0.29) is 12.2 Å². The first-order valence-corrected chi connectivity index (χ1v) is 9.19. The first-order valence-electron chi connectivity index (χ1n) is 8.38. The van der Waals surface area contributed by atoms with E-state index in [1.165, 1.54) is 11.3 Å². The van der Waals surface area contributed by atoms with Gasteiger partial charge in [-0.05, 0) is 25.1 Å². The molecule has 0 unspecified atom stereocenters. The molecule has 142 valence electrons. The Labute approximate surface area is 163 Å². The van der Waals surface area contributed by atoms with Crippen LogP contribution in [0.3, 0.4) is 0 Å². The number of pyridine rings is 1. The highest BCUT2D eigenvalue weighted by Crippen LogP contribution is 2.32. The summed E-state index contributed by atoms with van der Waals surface area (Å²) in [6.07, 6.45) is 1.57. The summed E-state index contributed by atoms with van der Waals surface area (Å²) in [5, 5.41) is 22.5. The maximum Gasteiger partial charge on any atom is 0.346 e. The Balaban J connectivity index is 1.75. The SMILES string of the molecule is COc1ccccc1Nc1nnc(-c2cc3c(CO)cnc(C)c3oc2=O)s1. The molecule has 0 bridgehead atoms. The molecule has 9 heteroatoms. The summed E-state index contributed by atoms with van der Waals surface area (Å²) in [6, 6.07) is 9.08. The number of methoxy groups -OCH3 is 1. The molecule has 28 heavy (non-hydrogen) atoms. The van der Waals surface area contributed by atoms with Crippen LogP contribution in [0.15, 0.2) is 45.7 Å². The van der Waals surface area contributed by atoms with Gasteiger partial charge in [0, 0.05) is 17.1 Å². The number of hydrogen-bond donors (Lipinski definition) is 2. The molecule has 0 fully saturated rings. The fourth-order valence-corrected chi connectivity index (χ4v) is 3.56. The normalized spacial score (nSPS) is 11.0. The molecule has 0 spiro atoms. The first kappa shape index (κ1) is 18.1. The lowest BCUT2D eigenvalue weighted by molar-refractivity contribution is 0.282. The molecule has 4 rings (SSSR count). The van der Waals surface area contributed by atoms with E-state index >= 15 is 0 Å². The minimum Gasteiger partial charge on any atom is -0.495 e. The third-order valence-corrected chi connectivity index (χ3v) is 5.08. The van der Waals surface area contributed by atoms with E-state index < -0.39 is 5.63 Å². The second kappa shape index (κ2) is 7.37. The summed E-state index contributed by atoms with van der Waals surface area (Å²) < 4.78 is 10.8. The van der Waals surface area contributed by atoms with Gasteiger partial charge in [-0.25, -0.2) is 4.79 Å². The van der Waals surface area contributed by atoms with E-state index in [2.05, 4.69) is 20.5 Å². The molecule has 3 aromatic heterocycles. The van der Waals surface area contributed by atoms with Crippen LogP contribution in [-0.2, 0) is 6.61 Å². The minimum atomic E-state index is -0.535. The molecule has 0 aliphatic rings. The number of para-hydroxylation sites is 2. The Bertz CT molecular complexity index is 1220. The zero-order valence-corrected chi connectivity index (χ0v) is 15.9. The molecule has 3 heterocycles. The summed E-state index contributed by atoms with van der Waals surface area (Å²) in [4.78, 5) is 16.6. The van der Waals surface area contributed by atoms with Crippen LogP contribution in [0.25, 0.3) is 21.5 Å². The number of aromatic nitrogens is 3. The minimum absolute atomic E-state index is 0.215. The highest BCUT2D eigenvalue weighted by Gasteiger charge is 2.17. The molecule has 4 aromatic rings. The number of nitrogens with one attached hydrogen (secondary N) is 1. The van der Waals surface area contributed by atoms with Crippen LogP contribution in [-0.4, -0.2) is 27.4 Å². The van der Waals surface area contributed by atoms with Crippen molar-refractivity contribution in [3.63, 3.8) is 0 Å². The Morgan fingerprint density at radius 1 is 1.29 bits per heavy atom. The Kier molecular flexibility index (Phi) is 4.76. The van der Waals surface area contributed by atoms with Crippen LogP contribution >= 0.6 is 11.3 Å². The number of aliphatic hydroxyl groups is 1. The number of fused-ring (bicyclic) bond motifs is 1. The largest absolute Gasteiger partial charge is 0.495 e. The predicted molar refractivity (Wildman–Crippen MR) is 106 cm³/mol. The van der Waals surface area contributed by atoms with Crippen molar-refractivity contribution >= 4 is 33.1 Å². The summed E-state index contributed by atoms with van der Waals surface area (Å²) in [6.45, 7) is 1.53. The van der Waals surface area contributed by atoms with E-state index in [0.29, 0.717) is 38.1 Å². The maximum absolute atomic E-state index is 12.5. The van der Waals surface area contributed by atoms with Gasteiger partial charge in [0.15, 0.2) is 10.6 Å². The monoisotopic (exact) mass is 396 g/mol. The molecular weight excluding hydrogens is 380 g/mol. The number of aliphatic hydroxyl groups excluding tert-OH is 1. The van der Waals surface area contributed by atoms with E-state index in [1.54, 1.807) is 26.3 Å². The van der Waals surface area contributed by atoms with Crippen LogP contribution in [0.1, 0.15) is 11.3 Å². The predicted octanol–water partition coefficient (Wildman–Crippen LogP) is 3.26. The van der Waals surface area contributed by atoms with Crippen molar-refractivity contribution < 1.29 is 14.3 Å². The zero-order chi connectivity index (χ0) is 19.7. The number of aryl methyl sites for hydroxylation is 1. The topological polar surface area (TPSA) is 110 Å². The number of ether oxygens (including phenoxy) is 1. The smallest absolute Gasteiger partial charge is 0.346 e. The van der Waals surface area contributed by atoms with Crippen molar-refractivity contribution in [3.8, 4) is 16.3 Å². The van der Waals surface area contributed by atoms with Gasteiger partial charge in [0.25, 0.3) is 0 Å². The highest BCUT2D eigenvalue weighted by molar-refractivity contribution is 7.18. The van der Waals surface area contributed by atoms with Crippen LogP contribution in [0.2, 0.25) is 0 Å². The molecule has 2 N–H and O–H groups in total. The van der Waals surface area contributed by atoms with E-state index in [9.17, 15) is 9.90 Å². The van der Waals surface area contributed by atoms with Gasteiger partial charge in [0.1, 0.15) is 5.75 Å². The fourth-order valence-electron chi connectivity index (χ4n) is 2.80. The van der Waals surface area contributed by atoms with Crippen LogP contribution in [0.5, 0.6) is 5.75 Å². The van der Waals surface area contributed by atoms with Gasteiger partial charge in [0.05, 0.1) is 30.7 Å². The van der Waals surface area contributed by atoms with Crippen molar-refractivity contribution in [3.05, 3.63) is 58.2 Å². The van der Waals surface area contributed by atoms with Gasteiger partial charge in [-0.3, -0.25) is 4.98 Å². The molecule has 1 aromatic carbocycles. The van der Waals surface area contributed by atoms with Crippen LogP contribution in [0.4, 0.5) is 10.8 Å². The second-order valence-electron chi connectivity index (χ2n) is 5.95. The second-order valence-corrected chi connectivity index (χ2v) is 6.93. The van der Waals surface area contributed by atoms with Crippen molar-refractivity contribution in [2.24, 2.45) is 0 Å². The van der Waals surface area contributed by atoms with E-state index in [1.807, 2.05) is 24.3 Å². The lowest BCUT2D eigenvalue weighted by Crippen LogP contribution is -2.05. The van der Waals surface area contributed by atoms with Gasteiger partial charge in [-0.15, -0.1) is 10.2 Å². The van der Waals surface area contributed by atoms with Gasteiger partial charge in [-0.1, -0.05) is 23.5 Å². The van der Waals surface area contributed by atoms with Crippen molar-refractivity contribution in [1.29, 1.82) is 0 Å².